The van der Waals surface area contributed by atoms with Crippen LogP contribution in [0, 0.1) is 0 Å². The van der Waals surface area contributed by atoms with Crippen LogP contribution in [0.5, 0.6) is 0 Å². The van der Waals surface area contributed by atoms with E-state index in [0.717, 1.165) is 83.5 Å². The van der Waals surface area contributed by atoms with Crippen LogP contribution in [0.25, 0.3) is 0 Å². The van der Waals surface area contributed by atoms with Gasteiger partial charge in [-0.15, -0.1) is 0 Å². The summed E-state index contributed by atoms with van der Waals surface area (Å²) in [4.78, 5) is 24.9. The highest BCUT2D eigenvalue weighted by molar-refractivity contribution is 7.45. The third-order valence-corrected chi connectivity index (χ3v) is 9.30. The summed E-state index contributed by atoms with van der Waals surface area (Å²) in [5, 5.41) is 0. The number of likely N-dealkylation sites (N-methyl/N-ethyl adjacent to an activating group) is 1. The normalized spacial score (nSPS) is 14.5. The van der Waals surface area contributed by atoms with E-state index in [2.05, 4.69) is 74.6 Å². The van der Waals surface area contributed by atoms with Crippen molar-refractivity contribution in [1.82, 2.24) is 0 Å². The molecule has 0 radical (unpaired) electrons. The molecule has 0 N–H and O–H groups in total. The number of phosphoric ester groups is 1. The van der Waals surface area contributed by atoms with Gasteiger partial charge in [0.1, 0.15) is 19.3 Å². The van der Waals surface area contributed by atoms with Crippen LogP contribution >= 0.6 is 7.82 Å². The minimum Gasteiger partial charge on any atom is -0.756 e. The molecule has 0 heterocycles. The first-order valence-corrected chi connectivity index (χ1v) is 22.0. The molecule has 0 aromatic heterocycles. The van der Waals surface area contributed by atoms with E-state index in [0.29, 0.717) is 24.1 Å². The van der Waals surface area contributed by atoms with Crippen LogP contribution in [0.1, 0.15) is 149 Å². The van der Waals surface area contributed by atoms with Crippen molar-refractivity contribution < 1.29 is 37.3 Å². The molecule has 2 atom stereocenters. The first-order chi connectivity index (χ1) is 25.1. The largest absolute Gasteiger partial charge is 0.756 e. The van der Waals surface area contributed by atoms with Crippen molar-refractivity contribution in [3.63, 3.8) is 0 Å². The Kier molecular flexibility index (Phi) is 34.9. The summed E-state index contributed by atoms with van der Waals surface area (Å²) in [5.74, 6) is -0.356. The second-order valence-corrected chi connectivity index (χ2v) is 16.0. The molecule has 0 aliphatic carbocycles. The van der Waals surface area contributed by atoms with Gasteiger partial charge in [-0.2, -0.15) is 0 Å². The molecular formula is C43H78NO7P. The van der Waals surface area contributed by atoms with E-state index in [9.17, 15) is 14.3 Å². The number of hydrogen-bond donors (Lipinski definition) is 0. The van der Waals surface area contributed by atoms with Crippen LogP contribution in [-0.2, 0) is 27.9 Å². The van der Waals surface area contributed by atoms with Gasteiger partial charge in [0.05, 0.1) is 34.4 Å². The van der Waals surface area contributed by atoms with Gasteiger partial charge in [0, 0.05) is 13.0 Å². The Morgan fingerprint density at radius 3 is 1.67 bits per heavy atom. The SMILES string of the molecule is CC/C=C\C/C=C\C/C=C\C/C=C\C/C=C\CCCCCCCC(=O)OC(COCCCCCCCCCCC)COP(=O)([O-])OCC[N+](C)(C)C. The Morgan fingerprint density at radius 1 is 0.615 bits per heavy atom. The van der Waals surface area contributed by atoms with Crippen LogP contribution in [0.2, 0.25) is 0 Å². The third-order valence-electron chi connectivity index (χ3n) is 8.33. The number of hydrogen-bond acceptors (Lipinski definition) is 7. The van der Waals surface area contributed by atoms with E-state index in [-0.39, 0.29) is 25.8 Å². The van der Waals surface area contributed by atoms with Crippen molar-refractivity contribution in [3.05, 3.63) is 60.8 Å². The third kappa shape index (κ3) is 39.4. The number of carbonyl (C=O) groups is 1. The second kappa shape index (κ2) is 36.2. The van der Waals surface area contributed by atoms with Crippen molar-refractivity contribution in [3.8, 4) is 0 Å². The summed E-state index contributed by atoms with van der Waals surface area (Å²) in [7, 11) is 1.33. The predicted molar refractivity (Wildman–Crippen MR) is 217 cm³/mol. The van der Waals surface area contributed by atoms with E-state index in [1.54, 1.807) is 0 Å². The molecule has 0 amide bonds. The maximum atomic E-state index is 12.6. The Balaban J connectivity index is 4.26. The topological polar surface area (TPSA) is 94.1 Å². The molecule has 302 valence electrons. The van der Waals surface area contributed by atoms with Gasteiger partial charge in [0.25, 0.3) is 7.82 Å². The van der Waals surface area contributed by atoms with Gasteiger partial charge in [-0.1, -0.05) is 145 Å². The Morgan fingerprint density at radius 2 is 1.12 bits per heavy atom. The van der Waals surface area contributed by atoms with E-state index in [4.69, 9.17) is 18.5 Å². The van der Waals surface area contributed by atoms with Crippen LogP contribution < -0.4 is 4.89 Å². The molecule has 0 saturated heterocycles. The molecule has 0 aliphatic heterocycles. The average molecular weight is 752 g/mol. The molecule has 0 aromatic rings. The highest BCUT2D eigenvalue weighted by Crippen LogP contribution is 2.38. The minimum atomic E-state index is -4.52. The van der Waals surface area contributed by atoms with Crippen LogP contribution in [-0.4, -0.2) is 70.7 Å². The second-order valence-electron chi connectivity index (χ2n) is 14.6. The zero-order chi connectivity index (χ0) is 38.4. The smallest absolute Gasteiger partial charge is 0.306 e. The minimum absolute atomic E-state index is 0.0200. The molecule has 0 spiro atoms. The van der Waals surface area contributed by atoms with Gasteiger partial charge in [-0.05, 0) is 57.8 Å². The number of esters is 1. The van der Waals surface area contributed by atoms with Gasteiger partial charge in [0.2, 0.25) is 0 Å². The fourth-order valence-corrected chi connectivity index (χ4v) is 5.89. The first kappa shape index (κ1) is 50.2. The summed E-state index contributed by atoms with van der Waals surface area (Å²) < 4.78 is 34.4. The Labute approximate surface area is 320 Å². The lowest BCUT2D eigenvalue weighted by atomic mass is 10.1. The molecule has 2 unspecified atom stereocenters. The number of nitrogens with zero attached hydrogens (tertiary/aromatic N) is 1. The van der Waals surface area contributed by atoms with Gasteiger partial charge in [-0.25, -0.2) is 0 Å². The Bertz CT molecular complexity index is 1020. The lowest BCUT2D eigenvalue weighted by Gasteiger charge is -2.28. The number of carbonyl (C=O) groups excluding carboxylic acids is 1. The maximum Gasteiger partial charge on any atom is 0.306 e. The molecule has 0 saturated carbocycles. The van der Waals surface area contributed by atoms with E-state index in [1.165, 1.54) is 44.9 Å². The molecule has 8 nitrogen and oxygen atoms in total. The standard InChI is InChI=1S/C43H78NO7P/c1-6-8-10-12-14-16-17-18-19-20-21-22-23-24-25-26-27-28-30-32-34-36-43(45)51-42(41-50-52(46,47)49-39-37-44(3,4)5)40-48-38-35-33-31-29-15-13-11-9-7-2/h8,10,14,16,18-19,21-22,24-25,42H,6-7,9,11-13,15,17,20,23,26-41H2,1-5H3/b10-8-,16-14-,19-18-,22-21-,25-24-. The van der Waals surface area contributed by atoms with Gasteiger partial charge < -0.3 is 27.9 Å². The lowest BCUT2D eigenvalue weighted by molar-refractivity contribution is -0.870. The van der Waals surface area contributed by atoms with E-state index in [1.807, 2.05) is 21.1 Å². The highest BCUT2D eigenvalue weighted by Gasteiger charge is 2.20. The quantitative estimate of drug-likeness (QED) is 0.0205. The molecule has 9 heteroatoms. The average Bonchev–Trinajstić information content (AvgIpc) is 3.09. The number of ether oxygens (including phenoxy) is 2. The molecule has 0 fully saturated rings. The maximum absolute atomic E-state index is 12.6. The van der Waals surface area contributed by atoms with Crippen molar-refractivity contribution in [2.24, 2.45) is 0 Å². The highest BCUT2D eigenvalue weighted by atomic mass is 31.2. The van der Waals surface area contributed by atoms with Crippen LogP contribution in [0.3, 0.4) is 0 Å². The lowest BCUT2D eigenvalue weighted by Crippen LogP contribution is -2.37. The fraction of sp³-hybridized carbons (Fsp3) is 0.744. The molecule has 52 heavy (non-hydrogen) atoms. The van der Waals surface area contributed by atoms with Gasteiger partial charge in [-0.3, -0.25) is 9.36 Å². The van der Waals surface area contributed by atoms with Gasteiger partial charge in [0.15, 0.2) is 0 Å². The van der Waals surface area contributed by atoms with Crippen molar-refractivity contribution in [2.45, 2.75) is 155 Å². The number of rotatable bonds is 37. The van der Waals surface area contributed by atoms with E-state index >= 15 is 0 Å². The number of unbranched alkanes of at least 4 members (excludes halogenated alkanes) is 13. The fourth-order valence-electron chi connectivity index (χ4n) is 5.16. The summed E-state index contributed by atoms with van der Waals surface area (Å²) in [5.41, 5.74) is 0. The summed E-state index contributed by atoms with van der Waals surface area (Å²) in [6.07, 6.45) is 43.7. The van der Waals surface area contributed by atoms with Crippen molar-refractivity contribution in [1.29, 1.82) is 0 Å². The summed E-state index contributed by atoms with van der Waals surface area (Å²) >= 11 is 0. The first-order valence-electron chi connectivity index (χ1n) is 20.5. The number of quaternary nitrogens is 1. The number of phosphoric acid groups is 1. The summed E-state index contributed by atoms with van der Waals surface area (Å²) in [6.45, 7) is 5.24. The molecule has 0 aromatic carbocycles. The molecular weight excluding hydrogens is 673 g/mol. The monoisotopic (exact) mass is 752 g/mol. The molecule has 0 rings (SSSR count). The molecule has 0 bridgehead atoms. The van der Waals surface area contributed by atoms with Crippen molar-refractivity contribution in [2.75, 3.05) is 54.1 Å². The molecule has 0 aliphatic rings. The van der Waals surface area contributed by atoms with Crippen LogP contribution in [0.4, 0.5) is 0 Å². The van der Waals surface area contributed by atoms with E-state index < -0.39 is 13.9 Å². The number of allylic oxidation sites excluding steroid dienone is 10. The van der Waals surface area contributed by atoms with Crippen molar-refractivity contribution >= 4 is 13.8 Å². The van der Waals surface area contributed by atoms with Gasteiger partial charge >= 0.3 is 5.97 Å². The zero-order valence-electron chi connectivity index (χ0n) is 34.0. The Hall–Kier alpha value is -1.80. The summed E-state index contributed by atoms with van der Waals surface area (Å²) in [6, 6.07) is 0. The van der Waals surface area contributed by atoms with Crippen LogP contribution in [0.15, 0.2) is 60.8 Å². The predicted octanol–water partition coefficient (Wildman–Crippen LogP) is 11.1. The zero-order valence-corrected chi connectivity index (χ0v) is 34.9.